The van der Waals surface area contributed by atoms with E-state index in [1.807, 2.05) is 6.07 Å². The van der Waals surface area contributed by atoms with Gasteiger partial charge in [-0.1, -0.05) is 13.0 Å². The van der Waals surface area contributed by atoms with Crippen LogP contribution in [0.15, 0.2) is 29.2 Å². The molecule has 0 aromatic heterocycles. The van der Waals surface area contributed by atoms with Crippen LogP contribution in [-0.4, -0.2) is 20.7 Å². The Morgan fingerprint density at radius 1 is 1.31 bits per heavy atom. The molecule has 0 spiro atoms. The maximum atomic E-state index is 11.4. The minimum atomic E-state index is -3.10. The Morgan fingerprint density at radius 2 is 2.00 bits per heavy atom. The van der Waals surface area contributed by atoms with E-state index < -0.39 is 9.84 Å². The first-order chi connectivity index (χ1) is 7.45. The average Bonchev–Trinajstić information content (AvgIpc) is 2.14. The van der Waals surface area contributed by atoms with Crippen molar-refractivity contribution >= 4 is 15.5 Å². The molecular formula is C12H17NO2S. The van der Waals surface area contributed by atoms with Gasteiger partial charge in [-0.2, -0.15) is 0 Å². The van der Waals surface area contributed by atoms with Crippen molar-refractivity contribution in [3.05, 3.63) is 24.3 Å². The minimum absolute atomic E-state index is 0.380. The van der Waals surface area contributed by atoms with E-state index in [0.29, 0.717) is 10.9 Å². The third-order valence-corrected chi connectivity index (χ3v) is 4.12. The molecule has 0 saturated heterocycles. The highest BCUT2D eigenvalue weighted by molar-refractivity contribution is 7.90. The van der Waals surface area contributed by atoms with E-state index in [-0.39, 0.29) is 0 Å². The molecule has 1 aromatic rings. The fraction of sp³-hybridized carbons (Fsp3) is 0.500. The van der Waals surface area contributed by atoms with Gasteiger partial charge in [0.15, 0.2) is 9.84 Å². The standard InChI is InChI=1S/C12H17NO2S/c1-9-6-11(7-9)13-10-4-3-5-12(8-10)16(2,14)15/h3-5,8-9,11,13H,6-7H2,1-2H3. The lowest BCUT2D eigenvalue weighted by Gasteiger charge is -2.34. The topological polar surface area (TPSA) is 46.2 Å². The van der Waals surface area contributed by atoms with Gasteiger partial charge >= 0.3 is 0 Å². The molecule has 0 bridgehead atoms. The molecule has 88 valence electrons. The molecule has 16 heavy (non-hydrogen) atoms. The molecule has 0 unspecified atom stereocenters. The molecule has 0 amide bonds. The van der Waals surface area contributed by atoms with Gasteiger partial charge in [-0.25, -0.2) is 8.42 Å². The second-order valence-corrected chi connectivity index (χ2v) is 6.73. The first-order valence-electron chi connectivity index (χ1n) is 5.52. The number of nitrogens with one attached hydrogen (secondary N) is 1. The zero-order chi connectivity index (χ0) is 11.8. The largest absolute Gasteiger partial charge is 0.382 e. The Balaban J connectivity index is 2.11. The highest BCUT2D eigenvalue weighted by atomic mass is 32.2. The number of anilines is 1. The highest BCUT2D eigenvalue weighted by Crippen LogP contribution is 2.29. The predicted molar refractivity (Wildman–Crippen MR) is 65.4 cm³/mol. The second-order valence-electron chi connectivity index (χ2n) is 4.72. The zero-order valence-corrected chi connectivity index (χ0v) is 10.4. The maximum absolute atomic E-state index is 11.4. The summed E-state index contributed by atoms with van der Waals surface area (Å²) >= 11 is 0. The molecule has 1 aromatic carbocycles. The molecule has 1 fully saturated rings. The molecule has 1 N–H and O–H groups in total. The summed E-state index contributed by atoms with van der Waals surface area (Å²) in [6.45, 7) is 2.23. The minimum Gasteiger partial charge on any atom is -0.382 e. The van der Waals surface area contributed by atoms with E-state index >= 15 is 0 Å². The third-order valence-electron chi connectivity index (χ3n) is 3.01. The number of hydrogen-bond donors (Lipinski definition) is 1. The molecular weight excluding hydrogens is 222 g/mol. The summed E-state index contributed by atoms with van der Waals surface area (Å²) in [4.78, 5) is 0.380. The van der Waals surface area contributed by atoms with Gasteiger partial charge in [-0.05, 0) is 37.0 Å². The van der Waals surface area contributed by atoms with Crippen LogP contribution < -0.4 is 5.32 Å². The molecule has 4 heteroatoms. The van der Waals surface area contributed by atoms with Gasteiger partial charge in [0.05, 0.1) is 4.90 Å². The van der Waals surface area contributed by atoms with Gasteiger partial charge in [-0.3, -0.25) is 0 Å². The summed E-state index contributed by atoms with van der Waals surface area (Å²) in [6.07, 6.45) is 3.57. The van der Waals surface area contributed by atoms with Crippen molar-refractivity contribution in [2.24, 2.45) is 5.92 Å². The van der Waals surface area contributed by atoms with Crippen LogP contribution in [0, 0.1) is 5.92 Å². The van der Waals surface area contributed by atoms with Gasteiger partial charge in [0.25, 0.3) is 0 Å². The van der Waals surface area contributed by atoms with Crippen molar-refractivity contribution in [2.45, 2.75) is 30.7 Å². The van der Waals surface area contributed by atoms with Crippen LogP contribution in [0.1, 0.15) is 19.8 Å². The van der Waals surface area contributed by atoms with Crippen LogP contribution >= 0.6 is 0 Å². The second kappa shape index (κ2) is 4.09. The summed E-state index contributed by atoms with van der Waals surface area (Å²) in [5.41, 5.74) is 0.903. The van der Waals surface area contributed by atoms with E-state index in [2.05, 4.69) is 12.2 Å². The van der Waals surface area contributed by atoms with Crippen molar-refractivity contribution in [2.75, 3.05) is 11.6 Å². The van der Waals surface area contributed by atoms with Crippen molar-refractivity contribution in [1.82, 2.24) is 0 Å². The number of sulfone groups is 1. The zero-order valence-electron chi connectivity index (χ0n) is 9.60. The Kier molecular flexibility index (Phi) is 2.93. The molecule has 1 aliphatic rings. The Hall–Kier alpha value is -1.03. The van der Waals surface area contributed by atoms with E-state index in [9.17, 15) is 8.42 Å². The van der Waals surface area contributed by atoms with Crippen molar-refractivity contribution in [3.63, 3.8) is 0 Å². The van der Waals surface area contributed by atoms with Crippen LogP contribution in [0.3, 0.4) is 0 Å². The lowest BCUT2D eigenvalue weighted by Crippen LogP contribution is -2.33. The van der Waals surface area contributed by atoms with E-state index in [1.165, 1.54) is 19.1 Å². The van der Waals surface area contributed by atoms with Gasteiger partial charge in [0.2, 0.25) is 0 Å². The average molecular weight is 239 g/mol. The van der Waals surface area contributed by atoms with E-state index in [0.717, 1.165) is 11.6 Å². The van der Waals surface area contributed by atoms with Crippen LogP contribution in [0.2, 0.25) is 0 Å². The quantitative estimate of drug-likeness (QED) is 0.880. The van der Waals surface area contributed by atoms with Gasteiger partial charge in [0, 0.05) is 18.0 Å². The van der Waals surface area contributed by atoms with Gasteiger partial charge in [0.1, 0.15) is 0 Å². The highest BCUT2D eigenvalue weighted by Gasteiger charge is 2.24. The monoisotopic (exact) mass is 239 g/mol. The number of rotatable bonds is 3. The fourth-order valence-electron chi connectivity index (χ4n) is 2.07. The summed E-state index contributed by atoms with van der Waals surface area (Å²) in [5, 5.41) is 3.36. The SMILES string of the molecule is CC1CC(Nc2cccc(S(C)(=O)=O)c2)C1. The summed E-state index contributed by atoms with van der Waals surface area (Å²) < 4.78 is 22.8. The van der Waals surface area contributed by atoms with Gasteiger partial charge in [-0.15, -0.1) is 0 Å². The summed E-state index contributed by atoms with van der Waals surface area (Å²) in [7, 11) is -3.10. The fourth-order valence-corrected chi connectivity index (χ4v) is 2.74. The Bertz CT molecular complexity index is 476. The van der Waals surface area contributed by atoms with Crippen LogP contribution in [0.25, 0.3) is 0 Å². The first kappa shape index (κ1) is 11.5. The van der Waals surface area contributed by atoms with E-state index in [4.69, 9.17) is 0 Å². The Labute approximate surface area is 96.8 Å². The van der Waals surface area contributed by atoms with Crippen molar-refractivity contribution in [3.8, 4) is 0 Å². The van der Waals surface area contributed by atoms with Crippen molar-refractivity contribution < 1.29 is 8.42 Å². The first-order valence-corrected chi connectivity index (χ1v) is 7.41. The number of benzene rings is 1. The molecule has 0 aliphatic heterocycles. The van der Waals surface area contributed by atoms with Crippen LogP contribution in [-0.2, 0) is 9.84 Å². The lowest BCUT2D eigenvalue weighted by atomic mass is 9.82. The number of hydrogen-bond acceptors (Lipinski definition) is 3. The maximum Gasteiger partial charge on any atom is 0.175 e. The van der Waals surface area contributed by atoms with Crippen molar-refractivity contribution in [1.29, 1.82) is 0 Å². The lowest BCUT2D eigenvalue weighted by molar-refractivity contribution is 0.309. The van der Waals surface area contributed by atoms with Gasteiger partial charge < -0.3 is 5.32 Å². The molecule has 3 nitrogen and oxygen atoms in total. The Morgan fingerprint density at radius 3 is 2.56 bits per heavy atom. The molecule has 0 heterocycles. The molecule has 1 saturated carbocycles. The molecule has 0 radical (unpaired) electrons. The van der Waals surface area contributed by atoms with E-state index in [1.54, 1.807) is 18.2 Å². The van der Waals surface area contributed by atoms with Crippen LogP contribution in [0.5, 0.6) is 0 Å². The third kappa shape index (κ3) is 2.55. The summed E-state index contributed by atoms with van der Waals surface area (Å²) in [5.74, 6) is 0.788. The molecule has 1 aliphatic carbocycles. The smallest absolute Gasteiger partial charge is 0.175 e. The predicted octanol–water partition coefficient (Wildman–Crippen LogP) is 2.30. The molecule has 2 rings (SSSR count). The summed E-state index contributed by atoms with van der Waals surface area (Å²) in [6, 6.07) is 7.53. The molecule has 0 atom stereocenters. The van der Waals surface area contributed by atoms with Crippen LogP contribution in [0.4, 0.5) is 5.69 Å². The normalized spacial score (nSPS) is 24.9.